The van der Waals surface area contributed by atoms with Gasteiger partial charge in [-0.25, -0.2) is 4.39 Å². The smallest absolute Gasteiger partial charge is 0.252 e. The Morgan fingerprint density at radius 1 is 1.16 bits per heavy atom. The normalized spacial score (nSPS) is 11.7. The maximum atomic E-state index is 13.1. The summed E-state index contributed by atoms with van der Waals surface area (Å²) >= 11 is 3.18. The molecule has 2 rings (SSSR count). The molecule has 0 radical (unpaired) electrons. The first-order chi connectivity index (χ1) is 11.9. The van der Waals surface area contributed by atoms with Crippen molar-refractivity contribution >= 4 is 27.7 Å². The number of benzene rings is 2. The van der Waals surface area contributed by atoms with E-state index in [0.717, 1.165) is 12.0 Å². The van der Waals surface area contributed by atoms with Crippen LogP contribution in [-0.4, -0.2) is 17.9 Å². The minimum Gasteiger partial charge on any atom is -0.350 e. The number of carbonyl (C=O) groups excluding carboxylic acids is 2. The van der Waals surface area contributed by atoms with Gasteiger partial charge < -0.3 is 10.6 Å². The molecular weight excluding hydrogens is 387 g/mol. The number of rotatable bonds is 6. The Hall–Kier alpha value is -2.21. The molecule has 2 N–H and O–H groups in total. The van der Waals surface area contributed by atoms with Gasteiger partial charge in [0.1, 0.15) is 5.82 Å². The molecule has 0 aliphatic heterocycles. The average Bonchev–Trinajstić information content (AvgIpc) is 2.59. The van der Waals surface area contributed by atoms with Crippen LogP contribution in [0.25, 0.3) is 0 Å². The highest BCUT2D eigenvalue weighted by Gasteiger charge is 2.12. The predicted octanol–water partition coefficient (Wildman–Crippen LogP) is 4.05. The van der Waals surface area contributed by atoms with E-state index in [9.17, 15) is 14.0 Å². The highest BCUT2D eigenvalue weighted by atomic mass is 79.9. The summed E-state index contributed by atoms with van der Waals surface area (Å²) < 4.78 is 13.5. The second kappa shape index (κ2) is 8.76. The molecule has 2 amide bonds. The van der Waals surface area contributed by atoms with Gasteiger partial charge in [0, 0.05) is 22.6 Å². The van der Waals surface area contributed by atoms with E-state index < -0.39 is 5.82 Å². The summed E-state index contributed by atoms with van der Waals surface area (Å²) in [6.45, 7) is 4.22. The van der Waals surface area contributed by atoms with Crippen molar-refractivity contribution in [3.05, 3.63) is 69.4 Å². The largest absolute Gasteiger partial charge is 0.350 e. The molecule has 0 aromatic heterocycles. The minimum atomic E-state index is -0.413. The van der Waals surface area contributed by atoms with Crippen LogP contribution in [0.1, 0.15) is 46.5 Å². The highest BCUT2D eigenvalue weighted by molar-refractivity contribution is 9.10. The van der Waals surface area contributed by atoms with Gasteiger partial charge in [-0.2, -0.15) is 0 Å². The lowest BCUT2D eigenvalue weighted by Crippen LogP contribution is -2.32. The van der Waals surface area contributed by atoms with Gasteiger partial charge >= 0.3 is 0 Å². The van der Waals surface area contributed by atoms with Crippen LogP contribution >= 0.6 is 15.9 Å². The lowest BCUT2D eigenvalue weighted by atomic mass is 10.1. The molecule has 2 aromatic rings. The summed E-state index contributed by atoms with van der Waals surface area (Å²) in [6.07, 6.45) is 0.855. The van der Waals surface area contributed by atoms with Crippen LogP contribution in [0, 0.1) is 5.82 Å². The van der Waals surface area contributed by atoms with Crippen LogP contribution < -0.4 is 10.6 Å². The van der Waals surface area contributed by atoms with Crippen LogP contribution in [0.5, 0.6) is 0 Å². The van der Waals surface area contributed by atoms with E-state index in [2.05, 4.69) is 26.6 Å². The molecule has 0 fully saturated rings. The molecule has 0 heterocycles. The van der Waals surface area contributed by atoms with Gasteiger partial charge in [0.15, 0.2) is 0 Å². The molecule has 25 heavy (non-hydrogen) atoms. The van der Waals surface area contributed by atoms with Gasteiger partial charge in [-0.15, -0.1) is 0 Å². The Morgan fingerprint density at radius 2 is 1.92 bits per heavy atom. The fraction of sp³-hybridized carbons (Fsp3) is 0.263. The number of amides is 2. The molecule has 132 valence electrons. The average molecular weight is 407 g/mol. The summed E-state index contributed by atoms with van der Waals surface area (Å²) in [7, 11) is 0. The van der Waals surface area contributed by atoms with E-state index in [1.54, 1.807) is 18.2 Å². The molecule has 6 heteroatoms. The Bertz CT molecular complexity index is 780. The van der Waals surface area contributed by atoms with E-state index in [1.165, 1.54) is 18.2 Å². The fourth-order valence-electron chi connectivity index (χ4n) is 2.18. The van der Waals surface area contributed by atoms with Gasteiger partial charge in [0.05, 0.1) is 5.56 Å². The lowest BCUT2D eigenvalue weighted by Gasteiger charge is -2.12. The third-order valence-electron chi connectivity index (χ3n) is 3.81. The monoisotopic (exact) mass is 406 g/mol. The van der Waals surface area contributed by atoms with Crippen molar-refractivity contribution < 1.29 is 14.0 Å². The zero-order chi connectivity index (χ0) is 18.4. The Kier molecular flexibility index (Phi) is 6.70. The molecule has 0 aliphatic carbocycles. The lowest BCUT2D eigenvalue weighted by molar-refractivity contribution is 0.0936. The van der Waals surface area contributed by atoms with E-state index in [1.807, 2.05) is 19.9 Å². The fourth-order valence-corrected chi connectivity index (χ4v) is 2.71. The third kappa shape index (κ3) is 5.39. The van der Waals surface area contributed by atoms with E-state index >= 15 is 0 Å². The standard InChI is InChI=1S/C19H20BrFN2O2/c1-3-12(2)23-18(24)14-6-4-5-13(9-14)11-22-19(25)16-8-7-15(21)10-17(16)20/h4-10,12H,3,11H2,1-2H3,(H,22,25)(H,23,24)/t12-/m0/s1. The molecule has 0 aliphatic rings. The zero-order valence-corrected chi connectivity index (χ0v) is 15.7. The maximum absolute atomic E-state index is 13.1. The van der Waals surface area contributed by atoms with Crippen molar-refractivity contribution in [2.24, 2.45) is 0 Å². The Morgan fingerprint density at radius 3 is 2.60 bits per heavy atom. The van der Waals surface area contributed by atoms with Gasteiger partial charge in [0.2, 0.25) is 0 Å². The summed E-state index contributed by atoms with van der Waals surface area (Å²) in [6, 6.07) is 11.1. The predicted molar refractivity (Wildman–Crippen MR) is 98.9 cm³/mol. The molecule has 0 spiro atoms. The Labute approximate surface area is 154 Å². The van der Waals surface area contributed by atoms with Crippen molar-refractivity contribution in [3.8, 4) is 0 Å². The number of hydrogen-bond donors (Lipinski definition) is 2. The second-order valence-corrected chi connectivity index (χ2v) is 6.64. The first kappa shape index (κ1) is 19.1. The first-order valence-electron chi connectivity index (χ1n) is 8.03. The second-order valence-electron chi connectivity index (χ2n) is 5.79. The summed E-state index contributed by atoms with van der Waals surface area (Å²) in [4.78, 5) is 24.4. The van der Waals surface area contributed by atoms with Gasteiger partial charge in [-0.1, -0.05) is 19.1 Å². The van der Waals surface area contributed by atoms with Crippen molar-refractivity contribution in [1.29, 1.82) is 0 Å². The van der Waals surface area contributed by atoms with E-state index in [0.29, 0.717) is 15.6 Å². The van der Waals surface area contributed by atoms with Crippen LogP contribution in [0.3, 0.4) is 0 Å². The molecule has 0 unspecified atom stereocenters. The molecule has 1 atom stereocenters. The van der Waals surface area contributed by atoms with Gasteiger partial charge in [-0.05, 0) is 65.2 Å². The van der Waals surface area contributed by atoms with Gasteiger partial charge in [0.25, 0.3) is 11.8 Å². The van der Waals surface area contributed by atoms with E-state index in [-0.39, 0.29) is 24.4 Å². The SMILES string of the molecule is CC[C@H](C)NC(=O)c1cccc(CNC(=O)c2ccc(F)cc2Br)c1. The topological polar surface area (TPSA) is 58.2 Å². The van der Waals surface area contributed by atoms with Crippen molar-refractivity contribution in [3.63, 3.8) is 0 Å². The van der Waals surface area contributed by atoms with Crippen LogP contribution in [-0.2, 0) is 6.54 Å². The molecule has 4 nitrogen and oxygen atoms in total. The molecule has 2 aromatic carbocycles. The van der Waals surface area contributed by atoms with Crippen LogP contribution in [0.4, 0.5) is 4.39 Å². The quantitative estimate of drug-likeness (QED) is 0.759. The first-order valence-corrected chi connectivity index (χ1v) is 8.83. The molecule has 0 bridgehead atoms. The highest BCUT2D eigenvalue weighted by Crippen LogP contribution is 2.18. The van der Waals surface area contributed by atoms with E-state index in [4.69, 9.17) is 0 Å². The molecular formula is C19H20BrFN2O2. The Balaban J connectivity index is 2.02. The van der Waals surface area contributed by atoms with Crippen LogP contribution in [0.2, 0.25) is 0 Å². The van der Waals surface area contributed by atoms with Gasteiger partial charge in [-0.3, -0.25) is 9.59 Å². The maximum Gasteiger partial charge on any atom is 0.252 e. The van der Waals surface area contributed by atoms with Crippen molar-refractivity contribution in [1.82, 2.24) is 10.6 Å². The molecule has 0 saturated heterocycles. The number of hydrogen-bond acceptors (Lipinski definition) is 2. The van der Waals surface area contributed by atoms with Crippen molar-refractivity contribution in [2.45, 2.75) is 32.9 Å². The molecule has 0 saturated carbocycles. The summed E-state index contributed by atoms with van der Waals surface area (Å²) in [5, 5.41) is 5.68. The minimum absolute atomic E-state index is 0.103. The van der Waals surface area contributed by atoms with Crippen molar-refractivity contribution in [2.75, 3.05) is 0 Å². The summed E-state index contributed by atoms with van der Waals surface area (Å²) in [5.74, 6) is -0.867. The van der Waals surface area contributed by atoms with Crippen LogP contribution in [0.15, 0.2) is 46.9 Å². The summed E-state index contributed by atoms with van der Waals surface area (Å²) in [5.41, 5.74) is 1.71. The number of halogens is 2. The number of carbonyl (C=O) groups is 2. The third-order valence-corrected chi connectivity index (χ3v) is 4.46. The zero-order valence-electron chi connectivity index (χ0n) is 14.1. The number of nitrogens with one attached hydrogen (secondary N) is 2.